The van der Waals surface area contributed by atoms with Crippen LogP contribution in [0.25, 0.3) is 0 Å². The summed E-state index contributed by atoms with van der Waals surface area (Å²) >= 11 is 3.25. The molecule has 5 nitrogen and oxygen atoms in total. The molecular formula is C16H22N4OS2. The molecule has 1 atom stereocenters. The number of thiophene rings is 1. The quantitative estimate of drug-likeness (QED) is 0.839. The summed E-state index contributed by atoms with van der Waals surface area (Å²) in [6.45, 7) is 4.32. The predicted octanol–water partition coefficient (Wildman–Crippen LogP) is 2.31. The monoisotopic (exact) mass is 350 g/mol. The van der Waals surface area contributed by atoms with Gasteiger partial charge >= 0.3 is 0 Å². The fourth-order valence-electron chi connectivity index (χ4n) is 2.92. The van der Waals surface area contributed by atoms with E-state index in [0.29, 0.717) is 18.2 Å². The van der Waals surface area contributed by atoms with E-state index < -0.39 is 0 Å². The summed E-state index contributed by atoms with van der Waals surface area (Å²) in [7, 11) is 0. The molecule has 0 bridgehead atoms. The summed E-state index contributed by atoms with van der Waals surface area (Å²) in [6.07, 6.45) is 2.37. The van der Waals surface area contributed by atoms with Gasteiger partial charge in [-0.25, -0.2) is 4.98 Å². The Bertz CT molecular complexity index is 626. The molecule has 1 unspecified atom stereocenters. The molecule has 0 spiro atoms. The molecule has 3 heterocycles. The second kappa shape index (κ2) is 8.01. The summed E-state index contributed by atoms with van der Waals surface area (Å²) in [4.78, 5) is 20.3. The van der Waals surface area contributed by atoms with E-state index in [2.05, 4.69) is 32.7 Å². The highest BCUT2D eigenvalue weighted by atomic mass is 32.1. The number of nitrogens with two attached hydrogens (primary N) is 1. The lowest BCUT2D eigenvalue weighted by atomic mass is 9.98. The van der Waals surface area contributed by atoms with Crippen molar-refractivity contribution in [3.63, 3.8) is 0 Å². The van der Waals surface area contributed by atoms with E-state index in [1.807, 2.05) is 11.3 Å². The van der Waals surface area contributed by atoms with Gasteiger partial charge in [0.05, 0.1) is 0 Å². The summed E-state index contributed by atoms with van der Waals surface area (Å²) < 4.78 is 0. The normalized spacial score (nSPS) is 18.9. The molecule has 3 N–H and O–H groups in total. The van der Waals surface area contributed by atoms with Crippen LogP contribution in [-0.2, 0) is 13.1 Å². The van der Waals surface area contributed by atoms with Gasteiger partial charge in [0.2, 0.25) is 0 Å². The number of thiazole rings is 1. The van der Waals surface area contributed by atoms with Crippen LogP contribution in [-0.4, -0.2) is 35.4 Å². The molecule has 0 aromatic carbocycles. The number of aromatic nitrogens is 1. The zero-order valence-electron chi connectivity index (χ0n) is 13.0. The summed E-state index contributed by atoms with van der Waals surface area (Å²) in [5, 5.41) is 7.73. The second-order valence-corrected chi connectivity index (χ2v) is 7.84. The van der Waals surface area contributed by atoms with Crippen molar-refractivity contribution in [3.8, 4) is 0 Å². The smallest absolute Gasteiger partial charge is 0.270 e. The number of likely N-dealkylation sites (tertiary alicyclic amines) is 1. The third-order valence-corrected chi connectivity index (χ3v) is 5.81. The zero-order valence-corrected chi connectivity index (χ0v) is 14.7. The van der Waals surface area contributed by atoms with Gasteiger partial charge < -0.3 is 11.1 Å². The number of hydrogen-bond acceptors (Lipinski definition) is 6. The lowest BCUT2D eigenvalue weighted by molar-refractivity contribution is 0.0926. The molecule has 3 rings (SSSR count). The van der Waals surface area contributed by atoms with Gasteiger partial charge in [0, 0.05) is 36.4 Å². The molecule has 1 saturated heterocycles. The molecule has 124 valence electrons. The Kier molecular flexibility index (Phi) is 5.77. The maximum atomic E-state index is 12.1. The molecule has 2 aromatic rings. The Balaban J connectivity index is 1.46. The fourth-order valence-corrected chi connectivity index (χ4v) is 4.32. The Morgan fingerprint density at radius 3 is 3.13 bits per heavy atom. The number of rotatable bonds is 6. The largest absolute Gasteiger partial charge is 0.350 e. The average Bonchev–Trinajstić information content (AvgIpc) is 3.24. The maximum Gasteiger partial charge on any atom is 0.270 e. The third-order valence-electron chi connectivity index (χ3n) is 4.07. The van der Waals surface area contributed by atoms with Crippen molar-refractivity contribution < 1.29 is 4.79 Å². The van der Waals surface area contributed by atoms with Crippen molar-refractivity contribution in [3.05, 3.63) is 38.5 Å². The van der Waals surface area contributed by atoms with Gasteiger partial charge in [0.25, 0.3) is 5.91 Å². The van der Waals surface area contributed by atoms with Crippen molar-refractivity contribution in [1.82, 2.24) is 15.2 Å². The number of nitrogens with one attached hydrogen (secondary N) is 1. The van der Waals surface area contributed by atoms with Gasteiger partial charge in [0.1, 0.15) is 10.7 Å². The minimum atomic E-state index is -0.0867. The van der Waals surface area contributed by atoms with Crippen molar-refractivity contribution in [2.45, 2.75) is 25.9 Å². The third kappa shape index (κ3) is 4.60. The average molecular weight is 351 g/mol. The van der Waals surface area contributed by atoms with Crippen LogP contribution >= 0.6 is 22.7 Å². The van der Waals surface area contributed by atoms with E-state index >= 15 is 0 Å². The number of amides is 1. The van der Waals surface area contributed by atoms with E-state index in [4.69, 9.17) is 5.73 Å². The molecule has 0 radical (unpaired) electrons. The first-order chi connectivity index (χ1) is 11.2. The molecule has 0 saturated carbocycles. The molecule has 1 aliphatic heterocycles. The predicted molar refractivity (Wildman–Crippen MR) is 94.7 cm³/mol. The Hall–Kier alpha value is -1.28. The number of piperidine rings is 1. The topological polar surface area (TPSA) is 71.2 Å². The van der Waals surface area contributed by atoms with Crippen LogP contribution in [0.4, 0.5) is 0 Å². The summed E-state index contributed by atoms with van der Waals surface area (Å²) in [5.74, 6) is 0.427. The SMILES string of the molecule is NCc1nc(C(=O)NCC2CCCN(Cc3cccs3)C2)cs1. The second-order valence-electron chi connectivity index (χ2n) is 5.86. The molecule has 1 amide bonds. The van der Waals surface area contributed by atoms with Gasteiger partial charge in [-0.05, 0) is 36.8 Å². The standard InChI is InChI=1S/C16H22N4OS2/c17-7-15-19-14(11-23-15)16(21)18-8-12-3-1-5-20(9-12)10-13-4-2-6-22-13/h2,4,6,11-12H,1,3,5,7-10,17H2,(H,18,21). The van der Waals surface area contributed by atoms with E-state index in [9.17, 15) is 4.79 Å². The van der Waals surface area contributed by atoms with Crippen LogP contribution in [0.3, 0.4) is 0 Å². The van der Waals surface area contributed by atoms with Gasteiger partial charge in [0.15, 0.2) is 0 Å². The molecule has 7 heteroatoms. The van der Waals surface area contributed by atoms with Crippen LogP contribution in [0.2, 0.25) is 0 Å². The highest BCUT2D eigenvalue weighted by Crippen LogP contribution is 2.20. The van der Waals surface area contributed by atoms with Crippen LogP contribution in [0, 0.1) is 5.92 Å². The van der Waals surface area contributed by atoms with Gasteiger partial charge in [-0.15, -0.1) is 22.7 Å². The molecule has 1 aliphatic rings. The van der Waals surface area contributed by atoms with Crippen molar-refractivity contribution in [1.29, 1.82) is 0 Å². The molecule has 1 fully saturated rings. The van der Waals surface area contributed by atoms with Crippen LogP contribution in [0.1, 0.15) is 33.2 Å². The Morgan fingerprint density at radius 1 is 1.48 bits per heavy atom. The van der Waals surface area contributed by atoms with Crippen molar-refractivity contribution in [2.75, 3.05) is 19.6 Å². The number of hydrogen-bond donors (Lipinski definition) is 2. The highest BCUT2D eigenvalue weighted by Gasteiger charge is 2.21. The van der Waals surface area contributed by atoms with Crippen LogP contribution in [0.5, 0.6) is 0 Å². The summed E-state index contributed by atoms with van der Waals surface area (Å²) in [6, 6.07) is 4.29. The first-order valence-electron chi connectivity index (χ1n) is 7.92. The highest BCUT2D eigenvalue weighted by molar-refractivity contribution is 7.10. The first kappa shape index (κ1) is 16.6. The van der Waals surface area contributed by atoms with Crippen molar-refractivity contribution >= 4 is 28.6 Å². The summed E-state index contributed by atoms with van der Waals surface area (Å²) in [5.41, 5.74) is 6.02. The van der Waals surface area contributed by atoms with E-state index in [1.54, 1.807) is 5.38 Å². The van der Waals surface area contributed by atoms with Crippen LogP contribution in [0.15, 0.2) is 22.9 Å². The van der Waals surface area contributed by atoms with Gasteiger partial charge in [-0.3, -0.25) is 9.69 Å². The minimum Gasteiger partial charge on any atom is -0.350 e. The lowest BCUT2D eigenvalue weighted by Gasteiger charge is -2.32. The number of carbonyl (C=O) groups excluding carboxylic acids is 1. The zero-order chi connectivity index (χ0) is 16.1. The maximum absolute atomic E-state index is 12.1. The molecule has 23 heavy (non-hydrogen) atoms. The molecule has 2 aromatic heterocycles. The van der Waals surface area contributed by atoms with E-state index in [0.717, 1.165) is 31.2 Å². The van der Waals surface area contributed by atoms with E-state index in [1.165, 1.54) is 29.1 Å². The minimum absolute atomic E-state index is 0.0867. The fraction of sp³-hybridized carbons (Fsp3) is 0.500. The van der Waals surface area contributed by atoms with Crippen LogP contribution < -0.4 is 11.1 Å². The van der Waals surface area contributed by atoms with E-state index in [-0.39, 0.29) is 5.91 Å². The lowest BCUT2D eigenvalue weighted by Crippen LogP contribution is -2.40. The molecular weight excluding hydrogens is 328 g/mol. The van der Waals surface area contributed by atoms with Gasteiger partial charge in [-0.2, -0.15) is 0 Å². The Morgan fingerprint density at radius 2 is 2.39 bits per heavy atom. The number of nitrogens with zero attached hydrogens (tertiary/aromatic N) is 2. The number of carbonyl (C=O) groups is 1. The van der Waals surface area contributed by atoms with Gasteiger partial charge in [-0.1, -0.05) is 6.07 Å². The van der Waals surface area contributed by atoms with Crippen molar-refractivity contribution in [2.24, 2.45) is 11.7 Å². The molecule has 0 aliphatic carbocycles. The first-order valence-corrected chi connectivity index (χ1v) is 9.68. The Labute approximate surface area is 144 Å².